The third-order valence-electron chi connectivity index (χ3n) is 5.76. The van der Waals surface area contributed by atoms with Crippen molar-refractivity contribution in [2.45, 2.75) is 25.6 Å². The number of ether oxygens (including phenoxy) is 6. The molecule has 2 aliphatic heterocycles. The molecule has 0 bridgehead atoms. The van der Waals surface area contributed by atoms with Crippen LogP contribution in [-0.2, 0) is 9.53 Å². The minimum Gasteiger partial charge on any atom is -0.502 e. The first kappa shape index (κ1) is 20.2. The van der Waals surface area contributed by atoms with Crippen molar-refractivity contribution in [3.8, 4) is 34.5 Å². The van der Waals surface area contributed by atoms with Gasteiger partial charge in [0.1, 0.15) is 11.5 Å². The maximum atomic E-state index is 12.8. The van der Waals surface area contributed by atoms with Crippen molar-refractivity contribution in [2.24, 2.45) is 5.92 Å². The number of methoxy groups -OCH3 is 3. The molecule has 8 heteroatoms. The molecule has 8 nitrogen and oxygen atoms in total. The van der Waals surface area contributed by atoms with Crippen molar-refractivity contribution in [3.05, 3.63) is 35.4 Å². The van der Waals surface area contributed by atoms with Crippen LogP contribution in [0.5, 0.6) is 34.5 Å². The number of ketones is 1. The van der Waals surface area contributed by atoms with Gasteiger partial charge in [-0.15, -0.1) is 0 Å². The van der Waals surface area contributed by atoms with Crippen molar-refractivity contribution in [1.82, 2.24) is 0 Å². The molecule has 2 aromatic rings. The highest BCUT2D eigenvalue weighted by Crippen LogP contribution is 2.54. The summed E-state index contributed by atoms with van der Waals surface area (Å²) in [6, 6.07) is 6.94. The van der Waals surface area contributed by atoms with Gasteiger partial charge in [-0.3, -0.25) is 4.79 Å². The summed E-state index contributed by atoms with van der Waals surface area (Å²) in [6.45, 7) is 3.35. The summed E-state index contributed by atoms with van der Waals surface area (Å²) in [5.74, 6) is -0.486. The Balaban J connectivity index is 1.99. The molecule has 2 heterocycles. The Hall–Kier alpha value is -3.13. The first-order valence-corrected chi connectivity index (χ1v) is 9.46. The normalized spacial score (nSPS) is 24.0. The Morgan fingerprint density at radius 1 is 1.03 bits per heavy atom. The van der Waals surface area contributed by atoms with E-state index in [1.165, 1.54) is 28.3 Å². The van der Waals surface area contributed by atoms with E-state index in [-0.39, 0.29) is 29.8 Å². The van der Waals surface area contributed by atoms with Crippen molar-refractivity contribution in [3.63, 3.8) is 0 Å². The van der Waals surface area contributed by atoms with Crippen LogP contribution in [0, 0.1) is 5.92 Å². The minimum absolute atomic E-state index is 0.112. The maximum Gasteiger partial charge on any atom is 0.231 e. The number of phenols is 1. The topological polar surface area (TPSA) is 92.7 Å². The number of carbonyl (C=O) groups is 1. The smallest absolute Gasteiger partial charge is 0.231 e. The Labute approximate surface area is 174 Å². The van der Waals surface area contributed by atoms with Gasteiger partial charge in [0.25, 0.3) is 0 Å². The molecule has 0 saturated heterocycles. The van der Waals surface area contributed by atoms with Gasteiger partial charge < -0.3 is 33.5 Å². The molecular weight excluding hydrogens is 392 g/mol. The number of Topliss-reactive ketones (excluding diaryl/α,β-unsaturated/α-hetero) is 1. The molecule has 1 unspecified atom stereocenters. The lowest BCUT2D eigenvalue weighted by Crippen LogP contribution is -2.51. The first-order chi connectivity index (χ1) is 14.3. The second-order valence-electron chi connectivity index (χ2n) is 7.41. The molecule has 0 aliphatic carbocycles. The number of aromatic hydroxyl groups is 1. The summed E-state index contributed by atoms with van der Waals surface area (Å²) < 4.78 is 33.6. The summed E-state index contributed by atoms with van der Waals surface area (Å²) in [7, 11) is 4.41. The Kier molecular flexibility index (Phi) is 4.89. The van der Waals surface area contributed by atoms with E-state index >= 15 is 0 Å². The van der Waals surface area contributed by atoms with Crippen LogP contribution in [0.2, 0.25) is 0 Å². The first-order valence-electron chi connectivity index (χ1n) is 9.46. The van der Waals surface area contributed by atoms with Crippen LogP contribution in [0.4, 0.5) is 0 Å². The minimum atomic E-state index is -1.23. The predicted octanol–water partition coefficient (Wildman–Crippen LogP) is 3.23. The summed E-state index contributed by atoms with van der Waals surface area (Å²) in [6.07, 6.45) is 0. The molecule has 2 aromatic carbocycles. The number of rotatable bonds is 5. The Morgan fingerprint density at radius 2 is 1.63 bits per heavy atom. The zero-order valence-electron chi connectivity index (χ0n) is 17.5. The predicted molar refractivity (Wildman–Crippen MR) is 106 cm³/mol. The fraction of sp³-hybridized carbons (Fsp3) is 0.409. The van der Waals surface area contributed by atoms with Crippen molar-refractivity contribution in [2.75, 3.05) is 28.1 Å². The number of fused-ring (bicyclic) bond motifs is 2. The van der Waals surface area contributed by atoms with E-state index < -0.39 is 17.6 Å². The monoisotopic (exact) mass is 416 g/mol. The molecular formula is C22H24O8. The quantitative estimate of drug-likeness (QED) is 0.794. The highest BCUT2D eigenvalue weighted by atomic mass is 16.7. The van der Waals surface area contributed by atoms with E-state index in [2.05, 4.69) is 0 Å². The highest BCUT2D eigenvalue weighted by Gasteiger charge is 2.51. The van der Waals surface area contributed by atoms with Gasteiger partial charge in [0, 0.05) is 31.6 Å². The zero-order valence-corrected chi connectivity index (χ0v) is 17.5. The van der Waals surface area contributed by atoms with Gasteiger partial charge in [-0.2, -0.15) is 0 Å². The fourth-order valence-electron chi connectivity index (χ4n) is 4.27. The lowest BCUT2D eigenvalue weighted by molar-refractivity contribution is -0.199. The molecule has 0 amide bonds. The van der Waals surface area contributed by atoms with E-state index in [0.717, 1.165) is 5.56 Å². The average Bonchev–Trinajstić information content (AvgIpc) is 3.18. The molecule has 0 radical (unpaired) electrons. The summed E-state index contributed by atoms with van der Waals surface area (Å²) in [5.41, 5.74) is 1.44. The zero-order chi connectivity index (χ0) is 21.6. The average molecular weight is 416 g/mol. The van der Waals surface area contributed by atoms with Crippen molar-refractivity contribution >= 4 is 5.78 Å². The van der Waals surface area contributed by atoms with Gasteiger partial charge in [-0.05, 0) is 30.7 Å². The van der Waals surface area contributed by atoms with Crippen molar-refractivity contribution < 1.29 is 38.3 Å². The third-order valence-corrected chi connectivity index (χ3v) is 5.76. The lowest BCUT2D eigenvalue weighted by atomic mass is 9.72. The SMILES string of the molecule is COc1cc([C@@H]2c3cc4c(cc3OC(C)(OC)[C@H]2C(C)=O)OCO4)cc(OC)c1O. The largest absolute Gasteiger partial charge is 0.502 e. The van der Waals surface area contributed by atoms with E-state index in [0.29, 0.717) is 22.8 Å². The molecule has 4 rings (SSSR count). The van der Waals surface area contributed by atoms with E-state index in [4.69, 9.17) is 28.4 Å². The van der Waals surface area contributed by atoms with Crippen LogP contribution in [-0.4, -0.2) is 44.8 Å². The summed E-state index contributed by atoms with van der Waals surface area (Å²) in [4.78, 5) is 12.8. The molecule has 160 valence electrons. The molecule has 30 heavy (non-hydrogen) atoms. The van der Waals surface area contributed by atoms with Gasteiger partial charge in [0.05, 0.1) is 20.1 Å². The molecule has 0 fully saturated rings. The third kappa shape index (κ3) is 2.99. The number of benzene rings is 2. The van der Waals surface area contributed by atoms with E-state index in [1.807, 2.05) is 6.07 Å². The molecule has 2 aliphatic rings. The van der Waals surface area contributed by atoms with Crippen LogP contribution in [0.3, 0.4) is 0 Å². The number of hydrogen-bond donors (Lipinski definition) is 1. The van der Waals surface area contributed by atoms with Gasteiger partial charge in [-0.1, -0.05) is 0 Å². The standard InChI is InChI=1S/C22H24O8/c1-11(23)20-19(12-6-17(25-3)21(24)18(7-12)26-4)13-8-15-16(29-10-28-15)9-14(13)30-22(20,2)27-5/h6-9,19-20,24H,10H2,1-5H3/t19-,20+,22?/m1/s1. The molecule has 3 atom stereocenters. The Morgan fingerprint density at radius 3 is 2.17 bits per heavy atom. The second-order valence-corrected chi connectivity index (χ2v) is 7.41. The lowest BCUT2D eigenvalue weighted by Gasteiger charge is -2.44. The number of hydrogen-bond acceptors (Lipinski definition) is 8. The fourth-order valence-corrected chi connectivity index (χ4v) is 4.27. The van der Waals surface area contributed by atoms with Crippen LogP contribution in [0.25, 0.3) is 0 Å². The molecule has 0 saturated carbocycles. The van der Waals surface area contributed by atoms with Gasteiger partial charge in [0.2, 0.25) is 18.3 Å². The highest BCUT2D eigenvalue weighted by molar-refractivity contribution is 5.82. The van der Waals surface area contributed by atoms with E-state index in [1.54, 1.807) is 25.1 Å². The maximum absolute atomic E-state index is 12.8. The van der Waals surface area contributed by atoms with Crippen LogP contribution < -0.4 is 23.7 Å². The second kappa shape index (κ2) is 7.28. The van der Waals surface area contributed by atoms with Crippen molar-refractivity contribution in [1.29, 1.82) is 0 Å². The van der Waals surface area contributed by atoms with Crippen LogP contribution in [0.1, 0.15) is 30.9 Å². The summed E-state index contributed by atoms with van der Waals surface area (Å²) >= 11 is 0. The van der Waals surface area contributed by atoms with Crippen LogP contribution in [0.15, 0.2) is 24.3 Å². The van der Waals surface area contributed by atoms with Gasteiger partial charge >= 0.3 is 0 Å². The van der Waals surface area contributed by atoms with Gasteiger partial charge in [-0.25, -0.2) is 0 Å². The number of phenolic OH excluding ortho intramolecular Hbond substituents is 1. The number of carbonyl (C=O) groups excluding carboxylic acids is 1. The molecule has 1 N–H and O–H groups in total. The van der Waals surface area contributed by atoms with Crippen LogP contribution >= 0.6 is 0 Å². The molecule has 0 spiro atoms. The Bertz CT molecular complexity index is 976. The van der Waals surface area contributed by atoms with Gasteiger partial charge in [0.15, 0.2) is 23.0 Å². The van der Waals surface area contributed by atoms with E-state index in [9.17, 15) is 9.90 Å². The molecule has 0 aromatic heterocycles. The summed E-state index contributed by atoms with van der Waals surface area (Å²) in [5, 5.41) is 10.4.